The highest BCUT2D eigenvalue weighted by atomic mass is 32.2. The lowest BCUT2D eigenvalue weighted by atomic mass is 10.2. The molecule has 0 aromatic carbocycles. The van der Waals surface area contributed by atoms with Gasteiger partial charge in [-0.3, -0.25) is 4.79 Å². The quantitative estimate of drug-likeness (QED) is 0.753. The van der Waals surface area contributed by atoms with E-state index >= 15 is 0 Å². The lowest BCUT2D eigenvalue weighted by molar-refractivity contribution is -0.133. The standard InChI is InChI=1S/C11H18N2O3S/c1-8(6-16-3)4-13-5-9(2)12-11(13)17-7-10(14)15/h5,8H,4,6-7H2,1-3H3,(H,14,15). The molecule has 1 N–H and O–H groups in total. The van der Waals surface area contributed by atoms with Gasteiger partial charge in [0.05, 0.1) is 18.1 Å². The number of carbonyl (C=O) groups is 1. The van der Waals surface area contributed by atoms with Gasteiger partial charge < -0.3 is 14.4 Å². The van der Waals surface area contributed by atoms with Gasteiger partial charge in [0.1, 0.15) is 0 Å². The van der Waals surface area contributed by atoms with Crippen molar-refractivity contribution in [2.75, 3.05) is 19.5 Å². The van der Waals surface area contributed by atoms with Gasteiger partial charge in [0.2, 0.25) is 0 Å². The van der Waals surface area contributed by atoms with Crippen LogP contribution in [-0.2, 0) is 16.1 Å². The van der Waals surface area contributed by atoms with Gasteiger partial charge in [-0.1, -0.05) is 18.7 Å². The number of thioether (sulfide) groups is 1. The normalized spacial score (nSPS) is 12.6. The van der Waals surface area contributed by atoms with Crippen molar-refractivity contribution < 1.29 is 14.6 Å². The van der Waals surface area contributed by atoms with Crippen molar-refractivity contribution in [1.29, 1.82) is 0 Å². The van der Waals surface area contributed by atoms with Crippen molar-refractivity contribution in [3.63, 3.8) is 0 Å². The fraction of sp³-hybridized carbons (Fsp3) is 0.636. The van der Waals surface area contributed by atoms with E-state index < -0.39 is 5.97 Å². The lowest BCUT2D eigenvalue weighted by Gasteiger charge is -2.12. The first-order valence-corrected chi connectivity index (χ1v) is 6.38. The Morgan fingerprint density at radius 3 is 3.00 bits per heavy atom. The van der Waals surface area contributed by atoms with E-state index in [4.69, 9.17) is 9.84 Å². The Morgan fingerprint density at radius 2 is 2.41 bits per heavy atom. The van der Waals surface area contributed by atoms with E-state index in [1.807, 2.05) is 17.7 Å². The van der Waals surface area contributed by atoms with Crippen LogP contribution in [0, 0.1) is 12.8 Å². The zero-order valence-corrected chi connectivity index (χ0v) is 11.2. The predicted octanol–water partition coefficient (Wildman–Crippen LogP) is 1.65. The minimum atomic E-state index is -0.827. The third-order valence-electron chi connectivity index (χ3n) is 2.14. The molecule has 0 fully saturated rings. The first kappa shape index (κ1) is 14.1. The molecule has 0 aliphatic heterocycles. The molecular formula is C11H18N2O3S. The van der Waals surface area contributed by atoms with E-state index in [-0.39, 0.29) is 5.75 Å². The molecule has 0 radical (unpaired) electrons. The van der Waals surface area contributed by atoms with Crippen molar-refractivity contribution in [1.82, 2.24) is 9.55 Å². The van der Waals surface area contributed by atoms with E-state index in [2.05, 4.69) is 11.9 Å². The molecule has 0 aliphatic carbocycles. The summed E-state index contributed by atoms with van der Waals surface area (Å²) in [7, 11) is 1.68. The number of aromatic nitrogens is 2. The number of hydrogen-bond acceptors (Lipinski definition) is 4. The fourth-order valence-corrected chi connectivity index (χ4v) is 2.32. The highest BCUT2D eigenvalue weighted by molar-refractivity contribution is 7.99. The summed E-state index contributed by atoms with van der Waals surface area (Å²) < 4.78 is 7.08. The third-order valence-corrected chi connectivity index (χ3v) is 3.12. The van der Waals surface area contributed by atoms with E-state index in [1.54, 1.807) is 7.11 Å². The number of imidazole rings is 1. The maximum absolute atomic E-state index is 10.5. The van der Waals surface area contributed by atoms with Crippen LogP contribution >= 0.6 is 11.8 Å². The van der Waals surface area contributed by atoms with Crippen LogP contribution in [0.5, 0.6) is 0 Å². The Bertz CT molecular complexity index is 379. The van der Waals surface area contributed by atoms with Crippen LogP contribution in [-0.4, -0.2) is 40.1 Å². The average Bonchev–Trinajstić information content (AvgIpc) is 2.56. The number of hydrogen-bond donors (Lipinski definition) is 1. The molecule has 0 saturated carbocycles. The van der Waals surface area contributed by atoms with Crippen LogP contribution in [0.1, 0.15) is 12.6 Å². The molecule has 1 aromatic rings. The van der Waals surface area contributed by atoms with Crippen molar-refractivity contribution >= 4 is 17.7 Å². The number of aliphatic carboxylic acids is 1. The zero-order valence-electron chi connectivity index (χ0n) is 10.3. The van der Waals surface area contributed by atoms with Gasteiger partial charge in [-0.25, -0.2) is 4.98 Å². The van der Waals surface area contributed by atoms with E-state index in [9.17, 15) is 4.79 Å². The van der Waals surface area contributed by atoms with Crippen LogP contribution in [0.3, 0.4) is 0 Å². The van der Waals surface area contributed by atoms with Crippen LogP contribution in [0.2, 0.25) is 0 Å². The number of carboxylic acid groups (broad SMARTS) is 1. The number of rotatable bonds is 7. The van der Waals surface area contributed by atoms with Crippen LogP contribution in [0.15, 0.2) is 11.4 Å². The minimum Gasteiger partial charge on any atom is -0.481 e. The molecule has 1 atom stereocenters. The summed E-state index contributed by atoms with van der Waals surface area (Å²) in [5, 5.41) is 9.42. The average molecular weight is 258 g/mol. The minimum absolute atomic E-state index is 0.0368. The Kier molecular flexibility index (Phi) is 5.50. The highest BCUT2D eigenvalue weighted by Gasteiger charge is 2.11. The smallest absolute Gasteiger partial charge is 0.313 e. The molecule has 0 saturated heterocycles. The number of aryl methyl sites for hydroxylation is 1. The second-order valence-corrected chi connectivity index (χ2v) is 5.00. The summed E-state index contributed by atoms with van der Waals surface area (Å²) in [6, 6.07) is 0. The van der Waals surface area contributed by atoms with Gasteiger partial charge in [-0.2, -0.15) is 0 Å². The fourth-order valence-electron chi connectivity index (χ4n) is 1.57. The molecule has 5 nitrogen and oxygen atoms in total. The molecule has 6 heteroatoms. The van der Waals surface area contributed by atoms with Gasteiger partial charge in [0, 0.05) is 19.9 Å². The Morgan fingerprint density at radius 1 is 1.71 bits per heavy atom. The number of nitrogens with zero attached hydrogens (tertiary/aromatic N) is 2. The summed E-state index contributed by atoms with van der Waals surface area (Å²) in [5.41, 5.74) is 0.905. The molecule has 0 amide bonds. The second kappa shape index (κ2) is 6.66. The van der Waals surface area contributed by atoms with Crippen LogP contribution in [0.4, 0.5) is 0 Å². The maximum atomic E-state index is 10.5. The molecule has 0 bridgehead atoms. The largest absolute Gasteiger partial charge is 0.481 e. The summed E-state index contributed by atoms with van der Waals surface area (Å²) in [6.45, 7) is 5.46. The Labute approximate surface area is 105 Å². The third kappa shape index (κ3) is 4.79. The van der Waals surface area contributed by atoms with Gasteiger partial charge in [0.15, 0.2) is 5.16 Å². The molecule has 1 heterocycles. The predicted molar refractivity (Wildman–Crippen MR) is 66.4 cm³/mol. The first-order chi connectivity index (χ1) is 8.02. The maximum Gasteiger partial charge on any atom is 0.313 e. The van der Waals surface area contributed by atoms with Gasteiger partial charge in [-0.15, -0.1) is 0 Å². The summed E-state index contributed by atoms with van der Waals surface area (Å²) >= 11 is 1.25. The number of carboxylic acids is 1. The highest BCUT2D eigenvalue weighted by Crippen LogP contribution is 2.18. The molecule has 0 spiro atoms. The van der Waals surface area contributed by atoms with Gasteiger partial charge >= 0.3 is 5.97 Å². The van der Waals surface area contributed by atoms with Crippen molar-refractivity contribution in [3.8, 4) is 0 Å². The molecule has 17 heavy (non-hydrogen) atoms. The molecule has 1 rings (SSSR count). The lowest BCUT2D eigenvalue weighted by Crippen LogP contribution is -2.13. The van der Waals surface area contributed by atoms with Crippen molar-refractivity contribution in [2.24, 2.45) is 5.92 Å². The van der Waals surface area contributed by atoms with Gasteiger partial charge in [0.25, 0.3) is 0 Å². The summed E-state index contributed by atoms with van der Waals surface area (Å²) in [5.74, 6) is -0.417. The number of ether oxygens (including phenoxy) is 1. The zero-order chi connectivity index (χ0) is 12.8. The Hall–Kier alpha value is -1.01. The van der Waals surface area contributed by atoms with E-state index in [1.165, 1.54) is 11.8 Å². The SMILES string of the molecule is COCC(C)Cn1cc(C)nc1SCC(=O)O. The molecule has 1 aromatic heterocycles. The molecular weight excluding hydrogens is 240 g/mol. The topological polar surface area (TPSA) is 64.4 Å². The van der Waals surface area contributed by atoms with Crippen LogP contribution < -0.4 is 0 Å². The number of methoxy groups -OCH3 is 1. The second-order valence-electron chi connectivity index (χ2n) is 4.06. The van der Waals surface area contributed by atoms with Crippen molar-refractivity contribution in [3.05, 3.63) is 11.9 Å². The molecule has 1 unspecified atom stereocenters. The Balaban J connectivity index is 2.66. The summed E-state index contributed by atoms with van der Waals surface area (Å²) in [6.07, 6.45) is 1.94. The van der Waals surface area contributed by atoms with Crippen molar-refractivity contribution in [2.45, 2.75) is 25.5 Å². The monoisotopic (exact) mass is 258 g/mol. The molecule has 96 valence electrons. The van der Waals surface area contributed by atoms with Gasteiger partial charge in [-0.05, 0) is 12.8 Å². The van der Waals surface area contributed by atoms with E-state index in [0.717, 1.165) is 17.4 Å². The first-order valence-electron chi connectivity index (χ1n) is 5.40. The molecule has 0 aliphatic rings. The summed E-state index contributed by atoms with van der Waals surface area (Å²) in [4.78, 5) is 14.9. The van der Waals surface area contributed by atoms with Crippen LogP contribution in [0.25, 0.3) is 0 Å². The van der Waals surface area contributed by atoms with E-state index in [0.29, 0.717) is 12.5 Å².